The fourth-order valence-electron chi connectivity index (χ4n) is 2.11. The zero-order chi connectivity index (χ0) is 12.4. The Morgan fingerprint density at radius 2 is 2.18 bits per heavy atom. The molecule has 0 bridgehead atoms. The zero-order valence-electron chi connectivity index (χ0n) is 10.9. The maximum absolute atomic E-state index is 5.81. The average molecular weight is 238 g/mol. The van der Waals surface area contributed by atoms with Gasteiger partial charge in [0.15, 0.2) is 5.82 Å². The lowest BCUT2D eigenvalue weighted by Gasteiger charge is -2.25. The van der Waals surface area contributed by atoms with Crippen LogP contribution in [0.25, 0.3) is 0 Å². The van der Waals surface area contributed by atoms with Crippen molar-refractivity contribution in [3.8, 4) is 0 Å². The molecule has 0 aliphatic heterocycles. The molecule has 96 valence electrons. The van der Waals surface area contributed by atoms with E-state index in [0.29, 0.717) is 30.9 Å². The molecule has 1 aliphatic carbocycles. The van der Waals surface area contributed by atoms with Gasteiger partial charge in [-0.3, -0.25) is 4.90 Å². The fraction of sp³-hybridized carbons (Fsp3) is 0.833. The van der Waals surface area contributed by atoms with E-state index in [1.165, 1.54) is 12.8 Å². The first-order valence-corrected chi connectivity index (χ1v) is 6.34. The lowest BCUT2D eigenvalue weighted by molar-refractivity contribution is 0.189. The highest BCUT2D eigenvalue weighted by atomic mass is 16.5. The second-order valence-electron chi connectivity index (χ2n) is 5.26. The van der Waals surface area contributed by atoms with Crippen molar-refractivity contribution in [2.24, 2.45) is 11.7 Å². The Kier molecular flexibility index (Phi) is 3.79. The van der Waals surface area contributed by atoms with E-state index < -0.39 is 0 Å². The van der Waals surface area contributed by atoms with Crippen LogP contribution in [0.2, 0.25) is 0 Å². The molecule has 0 radical (unpaired) electrons. The van der Waals surface area contributed by atoms with Crippen LogP contribution >= 0.6 is 0 Å². The summed E-state index contributed by atoms with van der Waals surface area (Å²) < 4.78 is 5.25. The number of hydrogen-bond acceptors (Lipinski definition) is 5. The van der Waals surface area contributed by atoms with Gasteiger partial charge in [-0.1, -0.05) is 19.0 Å². The Hall–Kier alpha value is -0.940. The van der Waals surface area contributed by atoms with Crippen molar-refractivity contribution in [2.45, 2.75) is 45.2 Å². The number of aromatic nitrogens is 2. The lowest BCUT2D eigenvalue weighted by atomic mass is 10.1. The Morgan fingerprint density at radius 1 is 1.47 bits per heavy atom. The first-order chi connectivity index (χ1) is 8.11. The van der Waals surface area contributed by atoms with Crippen LogP contribution in [-0.2, 0) is 6.54 Å². The van der Waals surface area contributed by atoms with E-state index in [1.54, 1.807) is 0 Å². The molecule has 17 heavy (non-hydrogen) atoms. The highest BCUT2D eigenvalue weighted by Crippen LogP contribution is 2.34. The number of hydrogen-bond donors (Lipinski definition) is 1. The molecule has 1 unspecified atom stereocenters. The molecule has 1 atom stereocenters. The van der Waals surface area contributed by atoms with E-state index in [0.717, 1.165) is 11.7 Å². The largest absolute Gasteiger partial charge is 0.338 e. The number of nitrogens with two attached hydrogens (primary N) is 1. The molecule has 1 fully saturated rings. The van der Waals surface area contributed by atoms with E-state index in [9.17, 15) is 0 Å². The number of nitrogens with zero attached hydrogens (tertiary/aromatic N) is 3. The van der Waals surface area contributed by atoms with Crippen molar-refractivity contribution in [3.05, 3.63) is 11.7 Å². The molecule has 0 saturated heterocycles. The van der Waals surface area contributed by atoms with E-state index in [1.807, 2.05) is 0 Å². The van der Waals surface area contributed by atoms with E-state index in [4.69, 9.17) is 10.3 Å². The second-order valence-corrected chi connectivity index (χ2v) is 5.26. The minimum Gasteiger partial charge on any atom is -0.338 e. The van der Waals surface area contributed by atoms with Crippen LogP contribution in [0, 0.1) is 5.92 Å². The summed E-state index contributed by atoms with van der Waals surface area (Å²) in [4.78, 5) is 6.62. The van der Waals surface area contributed by atoms with Crippen LogP contribution in [0.3, 0.4) is 0 Å². The van der Waals surface area contributed by atoms with Gasteiger partial charge in [-0.25, -0.2) is 0 Å². The quantitative estimate of drug-likeness (QED) is 0.810. The average Bonchev–Trinajstić information content (AvgIpc) is 2.98. The first kappa shape index (κ1) is 12.5. The van der Waals surface area contributed by atoms with Crippen LogP contribution in [0.4, 0.5) is 0 Å². The summed E-state index contributed by atoms with van der Waals surface area (Å²) in [5.41, 5.74) is 5.81. The maximum Gasteiger partial charge on any atom is 0.240 e. The third-order valence-electron chi connectivity index (χ3n) is 3.36. The van der Waals surface area contributed by atoms with E-state index >= 15 is 0 Å². The molecule has 1 heterocycles. The highest BCUT2D eigenvalue weighted by molar-refractivity contribution is 4.93. The SMILES string of the molecule is CC(C)c1noc(CN(C)C(CN)C2CC2)n1. The summed E-state index contributed by atoms with van der Waals surface area (Å²) in [6, 6.07) is 0.449. The van der Waals surface area contributed by atoms with E-state index in [2.05, 4.69) is 35.9 Å². The summed E-state index contributed by atoms with van der Waals surface area (Å²) in [5.74, 6) is 2.54. The lowest BCUT2D eigenvalue weighted by Crippen LogP contribution is -2.39. The van der Waals surface area contributed by atoms with E-state index in [-0.39, 0.29) is 0 Å². The van der Waals surface area contributed by atoms with Gasteiger partial charge in [0.1, 0.15) is 0 Å². The number of rotatable bonds is 6. The molecule has 5 heteroatoms. The van der Waals surface area contributed by atoms with Crippen molar-refractivity contribution < 1.29 is 4.52 Å². The number of likely N-dealkylation sites (N-methyl/N-ethyl adjacent to an activating group) is 1. The first-order valence-electron chi connectivity index (χ1n) is 6.34. The highest BCUT2D eigenvalue weighted by Gasteiger charge is 2.33. The third-order valence-corrected chi connectivity index (χ3v) is 3.36. The topological polar surface area (TPSA) is 68.2 Å². The van der Waals surface area contributed by atoms with Crippen LogP contribution < -0.4 is 5.73 Å². The molecule has 0 amide bonds. The molecule has 2 N–H and O–H groups in total. The fourth-order valence-corrected chi connectivity index (χ4v) is 2.11. The van der Waals surface area contributed by atoms with Gasteiger partial charge in [0.25, 0.3) is 0 Å². The van der Waals surface area contributed by atoms with Crippen molar-refractivity contribution in [1.29, 1.82) is 0 Å². The zero-order valence-corrected chi connectivity index (χ0v) is 10.9. The molecule has 1 aliphatic rings. The summed E-state index contributed by atoms with van der Waals surface area (Å²) in [5, 5.41) is 3.97. The molecular weight excluding hydrogens is 216 g/mol. The molecule has 0 aromatic carbocycles. The molecule has 1 aromatic rings. The predicted octanol–water partition coefficient (Wildman–Crippen LogP) is 1.36. The third kappa shape index (κ3) is 3.04. The van der Waals surface area contributed by atoms with Crippen molar-refractivity contribution in [2.75, 3.05) is 13.6 Å². The van der Waals surface area contributed by atoms with Gasteiger partial charge in [0, 0.05) is 18.5 Å². The van der Waals surface area contributed by atoms with Gasteiger partial charge in [-0.2, -0.15) is 4.98 Å². The molecule has 5 nitrogen and oxygen atoms in total. The molecular formula is C12H22N4O. The molecule has 1 aromatic heterocycles. The Labute approximate surface area is 102 Å². The van der Waals surface area contributed by atoms with Crippen LogP contribution in [-0.4, -0.2) is 34.7 Å². The monoisotopic (exact) mass is 238 g/mol. The Balaban J connectivity index is 1.94. The Morgan fingerprint density at radius 3 is 2.65 bits per heavy atom. The smallest absolute Gasteiger partial charge is 0.240 e. The Bertz CT molecular complexity index is 359. The predicted molar refractivity (Wildman–Crippen MR) is 65.4 cm³/mol. The van der Waals surface area contributed by atoms with Gasteiger partial charge in [-0.05, 0) is 25.8 Å². The van der Waals surface area contributed by atoms with Crippen LogP contribution in [0.1, 0.15) is 44.3 Å². The maximum atomic E-state index is 5.81. The van der Waals surface area contributed by atoms with Crippen molar-refractivity contribution in [3.63, 3.8) is 0 Å². The summed E-state index contributed by atoms with van der Waals surface area (Å²) >= 11 is 0. The van der Waals surface area contributed by atoms with Gasteiger partial charge in [-0.15, -0.1) is 0 Å². The summed E-state index contributed by atoms with van der Waals surface area (Å²) in [6.07, 6.45) is 2.60. The normalized spacial score (nSPS) is 18.0. The second kappa shape index (κ2) is 5.14. The van der Waals surface area contributed by atoms with Gasteiger partial charge in [0.05, 0.1) is 6.54 Å². The molecule has 2 rings (SSSR count). The standard InChI is InChI=1S/C12H22N4O/c1-8(2)12-14-11(17-15-12)7-16(3)10(6-13)9-4-5-9/h8-10H,4-7,13H2,1-3H3. The van der Waals surface area contributed by atoms with Gasteiger partial charge < -0.3 is 10.3 Å². The molecule has 1 saturated carbocycles. The summed E-state index contributed by atoms with van der Waals surface area (Å²) in [6.45, 7) is 5.51. The van der Waals surface area contributed by atoms with Crippen molar-refractivity contribution in [1.82, 2.24) is 15.0 Å². The van der Waals surface area contributed by atoms with Gasteiger partial charge in [0.2, 0.25) is 5.89 Å². The van der Waals surface area contributed by atoms with Crippen LogP contribution in [0.5, 0.6) is 0 Å². The minimum atomic E-state index is 0.312. The van der Waals surface area contributed by atoms with Crippen LogP contribution in [0.15, 0.2) is 4.52 Å². The molecule has 0 spiro atoms. The van der Waals surface area contributed by atoms with Crippen molar-refractivity contribution >= 4 is 0 Å². The minimum absolute atomic E-state index is 0.312. The van der Waals surface area contributed by atoms with Gasteiger partial charge >= 0.3 is 0 Å². The summed E-state index contributed by atoms with van der Waals surface area (Å²) in [7, 11) is 2.08.